The second kappa shape index (κ2) is 8.31. The summed E-state index contributed by atoms with van der Waals surface area (Å²) in [6.45, 7) is 0.223. The van der Waals surface area contributed by atoms with Gasteiger partial charge in [0.1, 0.15) is 0 Å². The van der Waals surface area contributed by atoms with Crippen LogP contribution in [0.4, 0.5) is 5.69 Å². The summed E-state index contributed by atoms with van der Waals surface area (Å²) < 4.78 is 1.73. The number of nitrogens with zero attached hydrogens (tertiary/aromatic N) is 2. The Balaban J connectivity index is 1.47. The quantitative estimate of drug-likeness (QED) is 0.701. The van der Waals surface area contributed by atoms with Gasteiger partial charge in [-0.2, -0.15) is 5.10 Å². The number of hydrogen-bond acceptors (Lipinski definition) is 3. The number of carbonyl (C=O) groups excluding carboxylic acids is 2. The average Bonchev–Trinajstić information content (AvgIpc) is 3.17. The first-order valence-electron chi connectivity index (χ1n) is 8.06. The summed E-state index contributed by atoms with van der Waals surface area (Å²) in [5, 5.41) is 10.0. The van der Waals surface area contributed by atoms with Crippen molar-refractivity contribution >= 4 is 29.1 Å². The second-order valence-corrected chi connectivity index (χ2v) is 5.94. The number of carbonyl (C=O) groups is 2. The minimum absolute atomic E-state index is 0.164. The van der Waals surface area contributed by atoms with Crippen molar-refractivity contribution in [2.45, 2.75) is 6.42 Å². The number of anilines is 1. The zero-order valence-electron chi connectivity index (χ0n) is 13.9. The van der Waals surface area contributed by atoms with Gasteiger partial charge in [-0.3, -0.25) is 9.59 Å². The molecule has 0 aliphatic heterocycles. The maximum atomic E-state index is 12.0. The summed E-state index contributed by atoms with van der Waals surface area (Å²) >= 11 is 5.97. The summed E-state index contributed by atoms with van der Waals surface area (Å²) in [4.78, 5) is 24.0. The fraction of sp³-hybridized carbons (Fsp3) is 0.105. The van der Waals surface area contributed by atoms with E-state index in [1.165, 1.54) is 0 Å². The van der Waals surface area contributed by atoms with Gasteiger partial charge in [0.05, 0.1) is 16.3 Å². The Morgan fingerprint density at radius 1 is 1.04 bits per heavy atom. The van der Waals surface area contributed by atoms with E-state index in [0.29, 0.717) is 16.3 Å². The lowest BCUT2D eigenvalue weighted by Crippen LogP contribution is -2.27. The van der Waals surface area contributed by atoms with Crippen LogP contribution >= 0.6 is 11.6 Å². The summed E-state index contributed by atoms with van der Waals surface area (Å²) in [6.07, 6.45) is 3.71. The number of halogens is 1. The van der Waals surface area contributed by atoms with E-state index in [9.17, 15) is 9.59 Å². The molecule has 0 aliphatic carbocycles. The van der Waals surface area contributed by atoms with E-state index in [1.807, 2.05) is 24.4 Å². The van der Waals surface area contributed by atoms with Crippen molar-refractivity contribution in [2.24, 2.45) is 0 Å². The van der Waals surface area contributed by atoms with Crippen LogP contribution < -0.4 is 10.6 Å². The van der Waals surface area contributed by atoms with E-state index in [1.54, 1.807) is 47.3 Å². The van der Waals surface area contributed by atoms with Gasteiger partial charge in [0.15, 0.2) is 0 Å². The molecule has 0 saturated carbocycles. The number of amides is 2. The molecule has 0 saturated heterocycles. The van der Waals surface area contributed by atoms with E-state index in [-0.39, 0.29) is 24.8 Å². The Labute approximate surface area is 155 Å². The van der Waals surface area contributed by atoms with Crippen molar-refractivity contribution < 1.29 is 9.59 Å². The SMILES string of the molecule is O=C(CCNC(=O)c1ccccc1Cl)Nc1ccc(-n2cccn2)cc1. The first kappa shape index (κ1) is 17.7. The Kier molecular flexibility index (Phi) is 5.66. The molecule has 132 valence electrons. The van der Waals surface area contributed by atoms with Gasteiger partial charge < -0.3 is 10.6 Å². The van der Waals surface area contributed by atoms with Crippen molar-refractivity contribution in [1.29, 1.82) is 0 Å². The summed E-state index contributed by atoms with van der Waals surface area (Å²) in [6, 6.07) is 15.9. The fourth-order valence-corrected chi connectivity index (χ4v) is 2.59. The van der Waals surface area contributed by atoms with E-state index < -0.39 is 0 Å². The minimum atomic E-state index is -0.299. The number of rotatable bonds is 6. The summed E-state index contributed by atoms with van der Waals surface area (Å²) in [7, 11) is 0. The molecule has 2 N–H and O–H groups in total. The molecule has 3 aromatic rings. The standard InChI is InChI=1S/C19H17ClN4O2/c20-17-5-2-1-4-16(17)19(26)21-12-10-18(25)23-14-6-8-15(9-7-14)24-13-3-11-22-24/h1-9,11,13H,10,12H2,(H,21,26)(H,23,25). The Morgan fingerprint density at radius 3 is 2.50 bits per heavy atom. The maximum Gasteiger partial charge on any atom is 0.252 e. The molecule has 0 fully saturated rings. The first-order valence-corrected chi connectivity index (χ1v) is 8.44. The van der Waals surface area contributed by atoms with Crippen LogP contribution in [0.3, 0.4) is 0 Å². The minimum Gasteiger partial charge on any atom is -0.351 e. The Bertz CT molecular complexity index is 892. The highest BCUT2D eigenvalue weighted by Gasteiger charge is 2.10. The fourth-order valence-electron chi connectivity index (χ4n) is 2.37. The number of hydrogen-bond donors (Lipinski definition) is 2. The van der Waals surface area contributed by atoms with Gasteiger partial charge in [0.2, 0.25) is 5.91 Å². The lowest BCUT2D eigenvalue weighted by molar-refractivity contribution is -0.116. The number of benzene rings is 2. The van der Waals surface area contributed by atoms with E-state index in [4.69, 9.17) is 11.6 Å². The molecular formula is C19H17ClN4O2. The molecule has 2 amide bonds. The van der Waals surface area contributed by atoms with Crippen molar-refractivity contribution in [3.63, 3.8) is 0 Å². The molecule has 0 atom stereocenters. The third kappa shape index (κ3) is 4.49. The van der Waals surface area contributed by atoms with E-state index >= 15 is 0 Å². The van der Waals surface area contributed by atoms with Crippen molar-refractivity contribution in [3.8, 4) is 5.69 Å². The van der Waals surface area contributed by atoms with Crippen LogP contribution in [-0.2, 0) is 4.79 Å². The molecule has 0 unspecified atom stereocenters. The molecule has 6 nitrogen and oxygen atoms in total. The molecule has 0 bridgehead atoms. The topological polar surface area (TPSA) is 76.0 Å². The third-order valence-corrected chi connectivity index (χ3v) is 4.01. The second-order valence-electron chi connectivity index (χ2n) is 5.53. The average molecular weight is 369 g/mol. The van der Waals surface area contributed by atoms with Crippen LogP contribution in [0.1, 0.15) is 16.8 Å². The van der Waals surface area contributed by atoms with Gasteiger partial charge in [-0.1, -0.05) is 23.7 Å². The van der Waals surface area contributed by atoms with Gasteiger partial charge in [-0.15, -0.1) is 0 Å². The largest absolute Gasteiger partial charge is 0.351 e. The molecule has 7 heteroatoms. The molecule has 0 spiro atoms. The van der Waals surface area contributed by atoms with Gasteiger partial charge in [0, 0.05) is 31.0 Å². The Morgan fingerprint density at radius 2 is 1.81 bits per heavy atom. The molecule has 1 heterocycles. The molecule has 1 aromatic heterocycles. The number of aromatic nitrogens is 2. The first-order chi connectivity index (χ1) is 12.6. The van der Waals surface area contributed by atoms with E-state index in [0.717, 1.165) is 5.69 Å². The van der Waals surface area contributed by atoms with Crippen LogP contribution in [0, 0.1) is 0 Å². The van der Waals surface area contributed by atoms with Gasteiger partial charge in [0.25, 0.3) is 5.91 Å². The zero-order valence-corrected chi connectivity index (χ0v) is 14.6. The van der Waals surface area contributed by atoms with Crippen molar-refractivity contribution in [2.75, 3.05) is 11.9 Å². The number of nitrogens with one attached hydrogen (secondary N) is 2. The summed E-state index contributed by atoms with van der Waals surface area (Å²) in [5.74, 6) is -0.483. The lowest BCUT2D eigenvalue weighted by atomic mass is 10.2. The third-order valence-electron chi connectivity index (χ3n) is 3.68. The highest BCUT2D eigenvalue weighted by Crippen LogP contribution is 2.15. The monoisotopic (exact) mass is 368 g/mol. The van der Waals surface area contributed by atoms with Gasteiger partial charge >= 0.3 is 0 Å². The highest BCUT2D eigenvalue weighted by molar-refractivity contribution is 6.33. The zero-order chi connectivity index (χ0) is 18.4. The summed E-state index contributed by atoms with van der Waals surface area (Å²) in [5.41, 5.74) is 1.98. The van der Waals surface area contributed by atoms with Gasteiger partial charge in [-0.05, 0) is 42.5 Å². The highest BCUT2D eigenvalue weighted by atomic mass is 35.5. The molecule has 2 aromatic carbocycles. The molecular weight excluding hydrogens is 352 g/mol. The molecule has 26 heavy (non-hydrogen) atoms. The van der Waals surface area contributed by atoms with E-state index in [2.05, 4.69) is 15.7 Å². The normalized spacial score (nSPS) is 10.3. The maximum absolute atomic E-state index is 12.0. The smallest absolute Gasteiger partial charge is 0.252 e. The predicted molar refractivity (Wildman–Crippen MR) is 101 cm³/mol. The van der Waals surface area contributed by atoms with Crippen molar-refractivity contribution in [3.05, 3.63) is 77.6 Å². The Hall–Kier alpha value is -3.12. The van der Waals surface area contributed by atoms with Gasteiger partial charge in [-0.25, -0.2) is 4.68 Å². The molecule has 0 radical (unpaired) electrons. The van der Waals surface area contributed by atoms with Crippen LogP contribution in [0.15, 0.2) is 67.0 Å². The predicted octanol–water partition coefficient (Wildman–Crippen LogP) is 3.28. The van der Waals surface area contributed by atoms with Crippen molar-refractivity contribution in [1.82, 2.24) is 15.1 Å². The lowest BCUT2D eigenvalue weighted by Gasteiger charge is -2.08. The van der Waals surface area contributed by atoms with Crippen LogP contribution in [0.2, 0.25) is 5.02 Å². The van der Waals surface area contributed by atoms with Crippen LogP contribution in [0.25, 0.3) is 5.69 Å². The van der Waals surface area contributed by atoms with Crippen LogP contribution in [0.5, 0.6) is 0 Å². The van der Waals surface area contributed by atoms with Crippen LogP contribution in [-0.4, -0.2) is 28.1 Å². The molecule has 3 rings (SSSR count). The molecule has 0 aliphatic rings.